The van der Waals surface area contributed by atoms with Crippen LogP contribution in [0.15, 0.2) is 54.6 Å². The molecule has 1 amide bonds. The topological polar surface area (TPSA) is 65.1 Å². The van der Waals surface area contributed by atoms with Crippen molar-refractivity contribution in [3.63, 3.8) is 0 Å². The monoisotopic (exact) mass is 503 g/mol. The maximum absolute atomic E-state index is 14.3. The van der Waals surface area contributed by atoms with Crippen LogP contribution in [0.3, 0.4) is 0 Å². The molecule has 0 aliphatic carbocycles. The lowest BCUT2D eigenvalue weighted by atomic mass is 9.90. The number of amides is 1. The molecule has 0 saturated carbocycles. The number of methoxy groups -OCH3 is 3. The first-order valence-corrected chi connectivity index (χ1v) is 10.9. The molecule has 0 bridgehead atoms. The van der Waals surface area contributed by atoms with Gasteiger partial charge in [-0.15, -0.1) is 0 Å². The van der Waals surface area contributed by atoms with Gasteiger partial charge in [-0.05, 0) is 48.5 Å². The summed E-state index contributed by atoms with van der Waals surface area (Å²) in [4.78, 5) is 25.5. The van der Waals surface area contributed by atoms with Gasteiger partial charge >= 0.3 is 5.97 Å². The van der Waals surface area contributed by atoms with E-state index in [1.54, 1.807) is 18.2 Å². The molecular weight excluding hydrogens is 484 g/mol. The van der Waals surface area contributed by atoms with E-state index in [1.165, 1.54) is 62.6 Å². The van der Waals surface area contributed by atoms with Gasteiger partial charge in [0.2, 0.25) is 0 Å². The number of halogens is 3. The van der Waals surface area contributed by atoms with Crippen molar-refractivity contribution in [2.75, 3.05) is 26.2 Å². The van der Waals surface area contributed by atoms with Gasteiger partial charge in [-0.25, -0.2) is 9.18 Å². The van der Waals surface area contributed by atoms with E-state index in [0.29, 0.717) is 22.7 Å². The third-order valence-electron chi connectivity index (χ3n) is 5.74. The molecule has 176 valence electrons. The summed E-state index contributed by atoms with van der Waals surface area (Å²) in [6, 6.07) is 13.5. The van der Waals surface area contributed by atoms with Gasteiger partial charge in [0.05, 0.1) is 39.1 Å². The molecule has 1 aliphatic heterocycles. The Bertz CT molecular complexity index is 1300. The average Bonchev–Trinajstić information content (AvgIpc) is 3.05. The maximum atomic E-state index is 14.3. The van der Waals surface area contributed by atoms with Crippen LogP contribution in [-0.2, 0) is 21.0 Å². The first-order valence-electron chi connectivity index (χ1n) is 10.1. The fraction of sp³-hybridized carbons (Fsp3) is 0.200. The van der Waals surface area contributed by atoms with E-state index in [9.17, 15) is 14.0 Å². The van der Waals surface area contributed by atoms with Crippen molar-refractivity contribution < 1.29 is 28.2 Å². The van der Waals surface area contributed by atoms with Crippen LogP contribution in [0, 0.1) is 5.82 Å². The first kappa shape index (κ1) is 23.9. The molecule has 34 heavy (non-hydrogen) atoms. The number of rotatable bonds is 6. The number of esters is 1. The van der Waals surface area contributed by atoms with E-state index in [-0.39, 0.29) is 28.3 Å². The molecule has 0 saturated heterocycles. The Morgan fingerprint density at radius 1 is 1.00 bits per heavy atom. The summed E-state index contributed by atoms with van der Waals surface area (Å²) in [5.41, 5.74) is 1.62. The van der Waals surface area contributed by atoms with Crippen molar-refractivity contribution in [1.82, 2.24) is 0 Å². The van der Waals surface area contributed by atoms with Crippen LogP contribution in [0.1, 0.15) is 27.0 Å². The smallest absolute Gasteiger partial charge is 0.337 e. The number of benzene rings is 3. The van der Waals surface area contributed by atoms with Crippen molar-refractivity contribution in [1.29, 1.82) is 0 Å². The van der Waals surface area contributed by atoms with Crippen LogP contribution < -0.4 is 14.4 Å². The Morgan fingerprint density at radius 3 is 2.44 bits per heavy atom. The third-order valence-corrected chi connectivity index (χ3v) is 6.64. The lowest BCUT2D eigenvalue weighted by Crippen LogP contribution is -2.37. The fourth-order valence-electron chi connectivity index (χ4n) is 4.03. The Labute approximate surface area is 205 Å². The lowest BCUT2D eigenvalue weighted by molar-refractivity contribution is -0.119. The van der Waals surface area contributed by atoms with Gasteiger partial charge in [-0.1, -0.05) is 23.2 Å². The zero-order valence-corrected chi connectivity index (χ0v) is 20.0. The zero-order valence-electron chi connectivity index (χ0n) is 18.5. The second-order valence-corrected chi connectivity index (χ2v) is 8.55. The molecule has 0 N–H and O–H groups in total. The first-order chi connectivity index (χ1) is 16.2. The summed E-state index contributed by atoms with van der Waals surface area (Å²) >= 11 is 13.5. The molecular formula is C25H20Cl2FNO5. The molecule has 1 heterocycles. The van der Waals surface area contributed by atoms with Gasteiger partial charge < -0.3 is 19.1 Å². The highest BCUT2D eigenvalue weighted by molar-refractivity contribution is 6.43. The molecule has 9 heteroatoms. The summed E-state index contributed by atoms with van der Waals surface area (Å²) in [6.45, 7) is 0.0907. The minimum atomic E-state index is -1.86. The molecule has 0 aromatic heterocycles. The predicted octanol–water partition coefficient (Wildman–Crippen LogP) is 5.31. The maximum Gasteiger partial charge on any atom is 0.337 e. The number of carbonyl (C=O) groups is 2. The number of anilines is 1. The zero-order chi connectivity index (χ0) is 24.6. The standard InChI is InChI=1S/C25H20Cl2FNO5/c1-32-17-7-4-15(22(12-17)33-2)13-29-21-9-6-16(28)11-19(21)25(27,24(29)31)18-10-14(23(30)34-3)5-8-20(18)26/h4-12H,13H2,1-3H3. The van der Waals surface area contributed by atoms with Crippen molar-refractivity contribution in [2.45, 2.75) is 11.4 Å². The van der Waals surface area contributed by atoms with E-state index in [1.807, 2.05) is 0 Å². The lowest BCUT2D eigenvalue weighted by Gasteiger charge is -2.25. The van der Waals surface area contributed by atoms with Gasteiger partial charge in [-0.2, -0.15) is 0 Å². The molecule has 0 radical (unpaired) electrons. The van der Waals surface area contributed by atoms with Crippen molar-refractivity contribution in [3.05, 3.63) is 87.7 Å². The molecule has 3 aromatic rings. The van der Waals surface area contributed by atoms with Crippen molar-refractivity contribution in [2.24, 2.45) is 0 Å². The summed E-state index contributed by atoms with van der Waals surface area (Å²) < 4.78 is 29.8. The molecule has 1 atom stereocenters. The largest absolute Gasteiger partial charge is 0.497 e. The summed E-state index contributed by atoms with van der Waals surface area (Å²) in [6.07, 6.45) is 0. The highest BCUT2D eigenvalue weighted by Gasteiger charge is 2.52. The van der Waals surface area contributed by atoms with Gasteiger partial charge in [0, 0.05) is 27.8 Å². The van der Waals surface area contributed by atoms with Crippen LogP contribution in [0.5, 0.6) is 11.5 Å². The number of fused-ring (bicyclic) bond motifs is 1. The average molecular weight is 504 g/mol. The van der Waals surface area contributed by atoms with Gasteiger partial charge in [0.1, 0.15) is 17.3 Å². The third kappa shape index (κ3) is 3.85. The highest BCUT2D eigenvalue weighted by atomic mass is 35.5. The van der Waals surface area contributed by atoms with E-state index >= 15 is 0 Å². The second kappa shape index (κ2) is 9.16. The van der Waals surface area contributed by atoms with E-state index < -0.39 is 22.6 Å². The minimum absolute atomic E-state index is 0.0907. The SMILES string of the molecule is COC(=O)c1ccc(Cl)c(C2(Cl)C(=O)N(Cc3ccc(OC)cc3OC)c3ccc(F)cc32)c1. The number of hydrogen-bond donors (Lipinski definition) is 0. The molecule has 0 fully saturated rings. The van der Waals surface area contributed by atoms with Crippen LogP contribution in [0.4, 0.5) is 10.1 Å². The highest BCUT2D eigenvalue weighted by Crippen LogP contribution is 2.52. The minimum Gasteiger partial charge on any atom is -0.497 e. The van der Waals surface area contributed by atoms with Crippen LogP contribution >= 0.6 is 23.2 Å². The number of nitrogens with zero attached hydrogens (tertiary/aromatic N) is 1. The Hall–Kier alpha value is -3.29. The normalized spacial score (nSPS) is 16.9. The van der Waals surface area contributed by atoms with Gasteiger partial charge in [0.15, 0.2) is 4.87 Å². The number of hydrogen-bond acceptors (Lipinski definition) is 5. The Kier molecular flexibility index (Phi) is 6.43. The number of ether oxygens (including phenoxy) is 3. The summed E-state index contributed by atoms with van der Waals surface area (Å²) in [5.74, 6) is -0.636. The van der Waals surface area contributed by atoms with Gasteiger partial charge in [0.25, 0.3) is 5.91 Å². The van der Waals surface area contributed by atoms with Crippen LogP contribution in [-0.4, -0.2) is 33.2 Å². The van der Waals surface area contributed by atoms with E-state index in [4.69, 9.17) is 37.4 Å². The summed E-state index contributed by atoms with van der Waals surface area (Å²) in [5, 5.41) is 0.148. The number of alkyl halides is 1. The van der Waals surface area contributed by atoms with E-state index in [2.05, 4.69) is 0 Å². The second-order valence-electron chi connectivity index (χ2n) is 7.58. The predicted molar refractivity (Wildman–Crippen MR) is 127 cm³/mol. The molecule has 4 rings (SSSR count). The molecule has 1 aliphatic rings. The molecule has 3 aromatic carbocycles. The van der Waals surface area contributed by atoms with E-state index in [0.717, 1.165) is 0 Å². The Balaban J connectivity index is 1.86. The van der Waals surface area contributed by atoms with Crippen molar-refractivity contribution >= 4 is 40.8 Å². The molecule has 6 nitrogen and oxygen atoms in total. The fourth-order valence-corrected chi connectivity index (χ4v) is 4.75. The summed E-state index contributed by atoms with van der Waals surface area (Å²) in [7, 11) is 4.29. The number of carbonyl (C=O) groups excluding carboxylic acids is 2. The van der Waals surface area contributed by atoms with Gasteiger partial charge in [-0.3, -0.25) is 4.79 Å². The van der Waals surface area contributed by atoms with Crippen molar-refractivity contribution in [3.8, 4) is 11.5 Å². The molecule has 1 unspecified atom stereocenters. The Morgan fingerprint density at radius 2 is 1.76 bits per heavy atom. The quantitative estimate of drug-likeness (QED) is 0.336. The molecule has 0 spiro atoms. The van der Waals surface area contributed by atoms with Crippen LogP contribution in [0.2, 0.25) is 5.02 Å². The van der Waals surface area contributed by atoms with Crippen LogP contribution in [0.25, 0.3) is 0 Å².